The number of hydrogen-bond acceptors (Lipinski definition) is 3. The van der Waals surface area contributed by atoms with E-state index >= 15 is 0 Å². The number of aryl methyl sites for hydroxylation is 1. The third-order valence-corrected chi connectivity index (χ3v) is 6.51. The van der Waals surface area contributed by atoms with Gasteiger partial charge in [-0.15, -0.1) is 6.54 Å². The molecule has 5 heteroatoms. The van der Waals surface area contributed by atoms with Crippen molar-refractivity contribution >= 4 is 11.7 Å². The number of carbonyl (C=O) groups excluding carboxylic acids is 2. The van der Waals surface area contributed by atoms with Gasteiger partial charge in [-0.3, -0.25) is 9.69 Å². The van der Waals surface area contributed by atoms with Crippen molar-refractivity contribution in [2.75, 3.05) is 13.1 Å². The molecule has 2 saturated heterocycles. The summed E-state index contributed by atoms with van der Waals surface area (Å²) in [7, 11) is 0. The van der Waals surface area contributed by atoms with Crippen LogP contribution in [-0.4, -0.2) is 41.8 Å². The molecule has 0 radical (unpaired) electrons. The Morgan fingerprint density at radius 1 is 1.03 bits per heavy atom. The van der Waals surface area contributed by atoms with Crippen molar-refractivity contribution < 1.29 is 61.0 Å². The maximum atomic E-state index is 12.7. The molecule has 2 bridgehead atoms. The normalized spacial score (nSPS) is 24.5. The van der Waals surface area contributed by atoms with Gasteiger partial charge in [-0.2, -0.15) is 0 Å². The van der Waals surface area contributed by atoms with Crippen molar-refractivity contribution in [2.45, 2.75) is 98.1 Å². The molecule has 0 N–H and O–H groups in total. The quantitative estimate of drug-likeness (QED) is 0.630. The molecule has 2 fully saturated rings. The molecule has 32 heavy (non-hydrogen) atoms. The summed E-state index contributed by atoms with van der Waals surface area (Å²) in [5.74, 6) is 0.718. The molecular formula is C27H41KN2O2. The van der Waals surface area contributed by atoms with Crippen LogP contribution in [0.2, 0.25) is 0 Å². The van der Waals surface area contributed by atoms with Crippen molar-refractivity contribution in [3.63, 3.8) is 0 Å². The van der Waals surface area contributed by atoms with Gasteiger partial charge in [0.05, 0.1) is 12.5 Å². The molecule has 3 atom stereocenters. The first-order chi connectivity index (χ1) is 14.6. The van der Waals surface area contributed by atoms with Crippen molar-refractivity contribution in [3.05, 3.63) is 40.2 Å². The first kappa shape index (κ1) is 28.2. The number of Topliss-reactive ketones (excluding diaryl/α,β-unsaturated/α-hetero) is 1. The molecule has 1 aliphatic carbocycles. The maximum Gasteiger partial charge on any atom is 1.00 e. The predicted octanol–water partition coefficient (Wildman–Crippen LogP) is 2.97. The first-order valence-electron chi connectivity index (χ1n) is 12.2. The van der Waals surface area contributed by atoms with Crippen LogP contribution in [-0.2, 0) is 17.6 Å². The SMILES string of the molecule is CC(=O)CN1C2CC[C@H]1CC(C[N-]C(=O)c1cccc3c1CCCC3)C2.CC(C)(C)C.[K+]. The second-order valence-corrected chi connectivity index (χ2v) is 11.4. The van der Waals surface area contributed by atoms with Crippen molar-refractivity contribution in [3.8, 4) is 0 Å². The average Bonchev–Trinajstić information content (AvgIpc) is 2.92. The Kier molecular flexibility index (Phi) is 11.1. The number of nitrogens with zero attached hydrogens (tertiary/aromatic N) is 2. The van der Waals surface area contributed by atoms with Crippen LogP contribution in [0.25, 0.3) is 5.32 Å². The van der Waals surface area contributed by atoms with Crippen molar-refractivity contribution in [1.29, 1.82) is 0 Å². The fraction of sp³-hybridized carbons (Fsp3) is 0.704. The molecule has 1 aromatic rings. The summed E-state index contributed by atoms with van der Waals surface area (Å²) in [5, 5.41) is 4.48. The standard InChI is InChI=1S/C22H30N2O2.C5H12.K/c1-15(25)14-24-18-9-10-19(24)12-16(11-18)13-23-22(26)21-8-4-6-17-5-2-3-7-20(17)21;1-5(2,3)4;/h4,6,8,16,18-19H,2-3,5,7,9-14H2,1H3,(H,23,26);1-4H3;/q;;+1/p-1/t16?,18-,19?;;/m0../s1. The first-order valence-corrected chi connectivity index (χ1v) is 12.2. The number of ketones is 1. The Balaban J connectivity index is 0.000000548. The van der Waals surface area contributed by atoms with E-state index in [0.717, 1.165) is 31.2 Å². The second kappa shape index (κ2) is 12.6. The topological polar surface area (TPSA) is 51.5 Å². The van der Waals surface area contributed by atoms with Crippen LogP contribution in [0.5, 0.6) is 0 Å². The van der Waals surface area contributed by atoms with Gasteiger partial charge in [0.25, 0.3) is 0 Å². The number of carbonyl (C=O) groups is 2. The summed E-state index contributed by atoms with van der Waals surface area (Å²) in [6.45, 7) is 11.7. The Morgan fingerprint density at radius 3 is 2.22 bits per heavy atom. The summed E-state index contributed by atoms with van der Waals surface area (Å²) in [6, 6.07) is 7.14. The van der Waals surface area contributed by atoms with E-state index in [1.54, 1.807) is 6.92 Å². The third kappa shape index (κ3) is 8.32. The molecule has 0 spiro atoms. The van der Waals surface area contributed by atoms with E-state index in [0.29, 0.717) is 36.5 Å². The van der Waals surface area contributed by atoms with E-state index in [2.05, 4.69) is 44.0 Å². The van der Waals surface area contributed by atoms with Crippen LogP contribution < -0.4 is 51.4 Å². The number of piperidine rings is 1. The number of fused-ring (bicyclic) bond motifs is 3. The number of rotatable bonds is 5. The summed E-state index contributed by atoms with van der Waals surface area (Å²) < 4.78 is 0. The summed E-state index contributed by atoms with van der Waals surface area (Å²) in [4.78, 5) is 26.6. The van der Waals surface area contributed by atoms with E-state index in [1.165, 1.54) is 36.8 Å². The van der Waals surface area contributed by atoms with Crippen LogP contribution >= 0.6 is 0 Å². The molecule has 4 rings (SSSR count). The second-order valence-electron chi connectivity index (χ2n) is 11.4. The monoisotopic (exact) mass is 464 g/mol. The number of amides is 1. The van der Waals surface area contributed by atoms with Gasteiger partial charge < -0.3 is 10.1 Å². The van der Waals surface area contributed by atoms with E-state index in [9.17, 15) is 9.59 Å². The van der Waals surface area contributed by atoms with Gasteiger partial charge in [-0.05, 0) is 74.8 Å². The van der Waals surface area contributed by atoms with Gasteiger partial charge in [0.1, 0.15) is 5.78 Å². The van der Waals surface area contributed by atoms with Crippen molar-refractivity contribution in [2.24, 2.45) is 11.3 Å². The summed E-state index contributed by atoms with van der Waals surface area (Å²) >= 11 is 0. The van der Waals surface area contributed by atoms with E-state index in [1.807, 2.05) is 12.1 Å². The van der Waals surface area contributed by atoms with Gasteiger partial charge in [0.15, 0.2) is 0 Å². The zero-order valence-corrected chi connectivity index (χ0v) is 24.4. The molecule has 0 aromatic heterocycles. The molecular weight excluding hydrogens is 423 g/mol. The Bertz CT molecular complexity index is 766. The van der Waals surface area contributed by atoms with Gasteiger partial charge in [0.2, 0.25) is 0 Å². The number of hydrogen-bond donors (Lipinski definition) is 0. The fourth-order valence-corrected chi connectivity index (χ4v) is 5.33. The van der Waals surface area contributed by atoms with Crippen LogP contribution in [0, 0.1) is 11.3 Å². The van der Waals surface area contributed by atoms with Crippen LogP contribution in [0.3, 0.4) is 0 Å². The molecule has 1 amide bonds. The molecule has 1 aromatic carbocycles. The summed E-state index contributed by atoms with van der Waals surface area (Å²) in [6.07, 6.45) is 9.04. The Hall–Kier alpha value is -0.0436. The van der Waals surface area contributed by atoms with E-state index in [-0.39, 0.29) is 63.1 Å². The average molecular weight is 465 g/mol. The molecule has 0 saturated carbocycles. The minimum Gasteiger partial charge on any atom is -0.649 e. The molecule has 172 valence electrons. The molecule has 3 aliphatic rings. The number of benzene rings is 1. The molecule has 2 unspecified atom stereocenters. The minimum atomic E-state index is -0.0257. The maximum absolute atomic E-state index is 12.7. The van der Waals surface area contributed by atoms with Crippen LogP contribution in [0.15, 0.2) is 18.2 Å². The smallest absolute Gasteiger partial charge is 0.649 e. The largest absolute Gasteiger partial charge is 1.00 e. The zero-order chi connectivity index (χ0) is 22.6. The van der Waals surface area contributed by atoms with E-state index in [4.69, 9.17) is 0 Å². The van der Waals surface area contributed by atoms with Gasteiger partial charge in [-0.25, -0.2) is 0 Å². The fourth-order valence-electron chi connectivity index (χ4n) is 5.33. The Labute approximate surface area is 238 Å². The van der Waals surface area contributed by atoms with Gasteiger partial charge in [-0.1, -0.05) is 51.8 Å². The molecule has 2 heterocycles. The van der Waals surface area contributed by atoms with Gasteiger partial charge >= 0.3 is 51.4 Å². The third-order valence-electron chi connectivity index (χ3n) is 6.51. The minimum absolute atomic E-state index is 0. The zero-order valence-electron chi connectivity index (χ0n) is 21.2. The molecule has 2 aliphatic heterocycles. The summed E-state index contributed by atoms with van der Waals surface area (Å²) in [5.41, 5.74) is 3.91. The van der Waals surface area contributed by atoms with Crippen LogP contribution in [0.4, 0.5) is 0 Å². The van der Waals surface area contributed by atoms with E-state index < -0.39 is 0 Å². The molecule has 4 nitrogen and oxygen atoms in total. The van der Waals surface area contributed by atoms with Crippen LogP contribution in [0.1, 0.15) is 94.6 Å². The van der Waals surface area contributed by atoms with Crippen molar-refractivity contribution in [1.82, 2.24) is 4.90 Å². The Morgan fingerprint density at radius 2 is 1.62 bits per heavy atom. The predicted molar refractivity (Wildman–Crippen MR) is 128 cm³/mol. The van der Waals surface area contributed by atoms with Gasteiger partial charge in [0, 0.05) is 17.6 Å².